The average Bonchev–Trinajstić information content (AvgIpc) is 2.77. The third-order valence-electron chi connectivity index (χ3n) is 3.10. The zero-order valence-electron chi connectivity index (χ0n) is 9.91. The zero-order chi connectivity index (χ0) is 11.1. The molecule has 0 aliphatic heterocycles. The Labute approximate surface area is 97.7 Å². The summed E-state index contributed by atoms with van der Waals surface area (Å²) in [5, 5.41) is 4.29. The maximum Gasteiger partial charge on any atom is 0.0305 e. The van der Waals surface area contributed by atoms with E-state index >= 15 is 0 Å². The first-order chi connectivity index (χ1) is 7.27. The maximum absolute atomic E-state index is 6.19. The molecule has 0 aliphatic carbocycles. The average molecular weight is 225 g/mol. The van der Waals surface area contributed by atoms with Gasteiger partial charge >= 0.3 is 0 Å². The van der Waals surface area contributed by atoms with Crippen LogP contribution in [0, 0.1) is 5.92 Å². The summed E-state index contributed by atoms with van der Waals surface area (Å²) in [6.45, 7) is 4.53. The van der Waals surface area contributed by atoms with E-state index < -0.39 is 0 Å². The van der Waals surface area contributed by atoms with E-state index in [0.29, 0.717) is 0 Å². The van der Waals surface area contributed by atoms with Crippen LogP contribution in [0.25, 0.3) is 0 Å². The van der Waals surface area contributed by atoms with Crippen molar-refractivity contribution in [2.75, 3.05) is 0 Å². The lowest BCUT2D eigenvalue weighted by molar-refractivity contribution is 0.389. The molecule has 86 valence electrons. The van der Waals surface area contributed by atoms with Crippen LogP contribution in [0.1, 0.15) is 57.6 Å². The Bertz CT molecular complexity index is 243. The molecule has 0 aliphatic rings. The Morgan fingerprint density at radius 2 is 2.20 bits per heavy atom. The van der Waals surface area contributed by atoms with E-state index in [1.165, 1.54) is 31.2 Å². The Kier molecular flexibility index (Phi) is 5.96. The van der Waals surface area contributed by atoms with Gasteiger partial charge in [0.15, 0.2) is 0 Å². The normalized spacial score (nSPS) is 15.1. The van der Waals surface area contributed by atoms with Crippen LogP contribution in [-0.2, 0) is 0 Å². The van der Waals surface area contributed by atoms with Gasteiger partial charge in [0.1, 0.15) is 0 Å². The van der Waals surface area contributed by atoms with Crippen LogP contribution in [0.2, 0.25) is 0 Å². The number of thiophene rings is 1. The first-order valence-corrected chi connectivity index (χ1v) is 6.99. The van der Waals surface area contributed by atoms with E-state index in [0.717, 1.165) is 12.3 Å². The van der Waals surface area contributed by atoms with Crippen LogP contribution in [0.15, 0.2) is 16.8 Å². The van der Waals surface area contributed by atoms with Crippen molar-refractivity contribution in [3.8, 4) is 0 Å². The summed E-state index contributed by atoms with van der Waals surface area (Å²) < 4.78 is 0. The van der Waals surface area contributed by atoms with Crippen molar-refractivity contribution in [1.82, 2.24) is 0 Å². The van der Waals surface area contributed by atoms with Crippen molar-refractivity contribution in [2.24, 2.45) is 11.7 Å². The molecule has 2 unspecified atom stereocenters. The predicted molar refractivity (Wildman–Crippen MR) is 69.2 cm³/mol. The van der Waals surface area contributed by atoms with Crippen molar-refractivity contribution >= 4 is 11.3 Å². The minimum absolute atomic E-state index is 0.248. The third kappa shape index (κ3) is 4.35. The zero-order valence-corrected chi connectivity index (χ0v) is 10.7. The first-order valence-electron chi connectivity index (χ1n) is 6.05. The van der Waals surface area contributed by atoms with Gasteiger partial charge in [-0.3, -0.25) is 0 Å². The Morgan fingerprint density at radius 1 is 1.40 bits per heavy atom. The van der Waals surface area contributed by atoms with Gasteiger partial charge in [0.2, 0.25) is 0 Å². The molecule has 0 fully saturated rings. The van der Waals surface area contributed by atoms with E-state index in [-0.39, 0.29) is 6.04 Å². The molecule has 0 bridgehead atoms. The molecule has 2 heteroatoms. The van der Waals surface area contributed by atoms with Crippen LogP contribution < -0.4 is 5.73 Å². The summed E-state index contributed by atoms with van der Waals surface area (Å²) in [5.41, 5.74) is 7.51. The fourth-order valence-corrected chi connectivity index (χ4v) is 2.69. The van der Waals surface area contributed by atoms with Crippen molar-refractivity contribution < 1.29 is 0 Å². The highest BCUT2D eigenvalue weighted by atomic mass is 32.1. The van der Waals surface area contributed by atoms with Gasteiger partial charge in [-0.25, -0.2) is 0 Å². The van der Waals surface area contributed by atoms with Gasteiger partial charge in [0.25, 0.3) is 0 Å². The molecule has 0 saturated carbocycles. The van der Waals surface area contributed by atoms with Crippen molar-refractivity contribution in [1.29, 1.82) is 0 Å². The van der Waals surface area contributed by atoms with Crippen LogP contribution in [-0.4, -0.2) is 0 Å². The summed E-state index contributed by atoms with van der Waals surface area (Å²) >= 11 is 1.74. The second-order valence-electron chi connectivity index (χ2n) is 4.32. The molecule has 2 atom stereocenters. The van der Waals surface area contributed by atoms with Crippen LogP contribution in [0.3, 0.4) is 0 Å². The molecule has 2 N–H and O–H groups in total. The van der Waals surface area contributed by atoms with Crippen LogP contribution >= 0.6 is 11.3 Å². The number of unbranched alkanes of at least 4 members (excludes halogenated alkanes) is 1. The van der Waals surface area contributed by atoms with Crippen molar-refractivity contribution in [2.45, 2.75) is 52.0 Å². The monoisotopic (exact) mass is 225 g/mol. The van der Waals surface area contributed by atoms with Crippen LogP contribution in [0.5, 0.6) is 0 Å². The first kappa shape index (κ1) is 12.7. The quantitative estimate of drug-likeness (QED) is 0.733. The summed E-state index contributed by atoms with van der Waals surface area (Å²) in [6, 6.07) is 2.40. The molecule has 1 nitrogen and oxygen atoms in total. The molecule has 1 aromatic rings. The van der Waals surface area contributed by atoms with Crippen LogP contribution in [0.4, 0.5) is 0 Å². The predicted octanol–water partition coefficient (Wildman–Crippen LogP) is 4.35. The minimum Gasteiger partial charge on any atom is -0.324 e. The molecule has 1 heterocycles. The lowest BCUT2D eigenvalue weighted by Crippen LogP contribution is -2.14. The molecular weight excluding hydrogens is 202 g/mol. The molecule has 0 aromatic carbocycles. The van der Waals surface area contributed by atoms with Gasteiger partial charge in [0, 0.05) is 6.04 Å². The molecular formula is C13H23NS. The highest BCUT2D eigenvalue weighted by Gasteiger charge is 2.13. The number of nitrogens with two attached hydrogens (primary N) is 1. The van der Waals surface area contributed by atoms with Gasteiger partial charge in [0.05, 0.1) is 0 Å². The Hall–Kier alpha value is -0.340. The van der Waals surface area contributed by atoms with E-state index in [2.05, 4.69) is 30.7 Å². The standard InChI is InChI=1S/C13H23NS/c1-3-5-6-11(4-2)9-13(14)12-7-8-15-10-12/h7-8,10-11,13H,3-6,9,14H2,1-2H3. The van der Waals surface area contributed by atoms with Gasteiger partial charge in [-0.2, -0.15) is 11.3 Å². The second kappa shape index (κ2) is 7.02. The summed E-state index contributed by atoms with van der Waals surface area (Å²) in [6.07, 6.45) is 6.38. The lowest BCUT2D eigenvalue weighted by atomic mass is 9.90. The maximum atomic E-state index is 6.19. The Balaban J connectivity index is 2.37. The SMILES string of the molecule is CCCCC(CC)CC(N)c1ccsc1. The topological polar surface area (TPSA) is 26.0 Å². The van der Waals surface area contributed by atoms with E-state index in [4.69, 9.17) is 5.73 Å². The summed E-state index contributed by atoms with van der Waals surface area (Å²) in [5.74, 6) is 0.805. The number of hydrogen-bond acceptors (Lipinski definition) is 2. The fourth-order valence-electron chi connectivity index (χ4n) is 1.96. The number of hydrogen-bond donors (Lipinski definition) is 1. The lowest BCUT2D eigenvalue weighted by Gasteiger charge is -2.18. The molecule has 1 rings (SSSR count). The van der Waals surface area contributed by atoms with Crippen molar-refractivity contribution in [3.05, 3.63) is 22.4 Å². The third-order valence-corrected chi connectivity index (χ3v) is 3.80. The van der Waals surface area contributed by atoms with Gasteiger partial charge in [-0.05, 0) is 34.7 Å². The second-order valence-corrected chi connectivity index (χ2v) is 5.10. The van der Waals surface area contributed by atoms with E-state index in [1.54, 1.807) is 11.3 Å². The van der Waals surface area contributed by atoms with E-state index in [1.807, 2.05) is 0 Å². The highest BCUT2D eigenvalue weighted by molar-refractivity contribution is 7.07. The Morgan fingerprint density at radius 3 is 2.73 bits per heavy atom. The number of rotatable bonds is 7. The highest BCUT2D eigenvalue weighted by Crippen LogP contribution is 2.26. The molecule has 0 radical (unpaired) electrons. The fraction of sp³-hybridized carbons (Fsp3) is 0.692. The smallest absolute Gasteiger partial charge is 0.0305 e. The van der Waals surface area contributed by atoms with Gasteiger partial charge < -0.3 is 5.73 Å². The molecule has 0 saturated heterocycles. The molecule has 0 spiro atoms. The minimum atomic E-state index is 0.248. The molecule has 1 aromatic heterocycles. The summed E-state index contributed by atoms with van der Waals surface area (Å²) in [7, 11) is 0. The van der Waals surface area contributed by atoms with Gasteiger partial charge in [-0.1, -0.05) is 39.5 Å². The largest absolute Gasteiger partial charge is 0.324 e. The molecule has 15 heavy (non-hydrogen) atoms. The van der Waals surface area contributed by atoms with E-state index in [9.17, 15) is 0 Å². The van der Waals surface area contributed by atoms with Gasteiger partial charge in [-0.15, -0.1) is 0 Å². The molecule has 0 amide bonds. The summed E-state index contributed by atoms with van der Waals surface area (Å²) in [4.78, 5) is 0. The van der Waals surface area contributed by atoms with Crippen molar-refractivity contribution in [3.63, 3.8) is 0 Å².